The third-order valence-electron chi connectivity index (χ3n) is 5.27. The molecule has 2 aromatic carbocycles. The summed E-state index contributed by atoms with van der Waals surface area (Å²) >= 11 is 0. The molecule has 28 heavy (non-hydrogen) atoms. The molecule has 0 aliphatic carbocycles. The number of benzene rings is 2. The Bertz CT molecular complexity index is 819. The van der Waals surface area contributed by atoms with Crippen LogP contribution in [0.5, 0.6) is 0 Å². The van der Waals surface area contributed by atoms with Crippen LogP contribution in [0.4, 0.5) is 14.9 Å². The highest BCUT2D eigenvalue weighted by Crippen LogP contribution is 2.24. The van der Waals surface area contributed by atoms with Crippen LogP contribution in [0.3, 0.4) is 0 Å². The van der Waals surface area contributed by atoms with Crippen LogP contribution in [0.25, 0.3) is 0 Å². The van der Waals surface area contributed by atoms with Gasteiger partial charge in [0.2, 0.25) is 0 Å². The quantitative estimate of drug-likeness (QED) is 0.736. The van der Waals surface area contributed by atoms with E-state index in [4.69, 9.17) is 0 Å². The third kappa shape index (κ3) is 5.01. The number of amides is 2. The fourth-order valence-electron chi connectivity index (χ4n) is 3.60. The minimum atomic E-state index is -0.302. The van der Waals surface area contributed by atoms with E-state index in [1.165, 1.54) is 6.07 Å². The van der Waals surface area contributed by atoms with Crippen LogP contribution < -0.4 is 15.5 Å². The van der Waals surface area contributed by atoms with Crippen molar-refractivity contribution in [1.29, 1.82) is 0 Å². The van der Waals surface area contributed by atoms with Crippen molar-refractivity contribution >= 4 is 11.7 Å². The Morgan fingerprint density at radius 1 is 1.25 bits per heavy atom. The molecule has 1 fully saturated rings. The first-order valence-electron chi connectivity index (χ1n) is 9.75. The molecular weight excluding hydrogens is 357 g/mol. The lowest BCUT2D eigenvalue weighted by Gasteiger charge is -2.31. The molecule has 1 saturated heterocycles. The standard InChI is InChI=1S/C22H28FN3O2/c1-15-5-3-4-6-19(15)16(2)25-22(28)24-14-17-7-8-21(20(23)13-17)26-11-9-18(27)10-12-26/h3-8,13,16,18,27H,9-12,14H2,1-2H3,(H2,24,25,28). The Hall–Kier alpha value is -2.60. The Kier molecular flexibility index (Phi) is 6.52. The van der Waals surface area contributed by atoms with Crippen molar-refractivity contribution in [2.24, 2.45) is 0 Å². The summed E-state index contributed by atoms with van der Waals surface area (Å²) < 4.78 is 14.5. The maximum absolute atomic E-state index is 14.5. The zero-order chi connectivity index (χ0) is 20.1. The van der Waals surface area contributed by atoms with E-state index in [1.54, 1.807) is 6.07 Å². The van der Waals surface area contributed by atoms with Gasteiger partial charge < -0.3 is 20.6 Å². The van der Waals surface area contributed by atoms with Crippen LogP contribution in [0, 0.1) is 12.7 Å². The number of nitrogens with zero attached hydrogens (tertiary/aromatic N) is 1. The second kappa shape index (κ2) is 9.06. The minimum absolute atomic E-state index is 0.116. The van der Waals surface area contributed by atoms with Crippen molar-refractivity contribution in [1.82, 2.24) is 10.6 Å². The van der Waals surface area contributed by atoms with E-state index >= 15 is 0 Å². The van der Waals surface area contributed by atoms with Gasteiger partial charge in [-0.05, 0) is 55.5 Å². The van der Waals surface area contributed by atoms with Gasteiger partial charge in [0.1, 0.15) is 5.82 Å². The van der Waals surface area contributed by atoms with Crippen molar-refractivity contribution in [3.05, 3.63) is 65.0 Å². The highest BCUT2D eigenvalue weighted by atomic mass is 19.1. The number of rotatable bonds is 5. The molecule has 2 aromatic rings. The van der Waals surface area contributed by atoms with Crippen molar-refractivity contribution < 1.29 is 14.3 Å². The minimum Gasteiger partial charge on any atom is -0.393 e. The predicted octanol–water partition coefficient (Wildman–Crippen LogP) is 3.66. The highest BCUT2D eigenvalue weighted by Gasteiger charge is 2.20. The lowest BCUT2D eigenvalue weighted by Crippen LogP contribution is -2.37. The molecule has 2 amide bonds. The molecule has 150 valence electrons. The zero-order valence-electron chi connectivity index (χ0n) is 16.4. The van der Waals surface area contributed by atoms with Gasteiger partial charge in [-0.3, -0.25) is 0 Å². The number of urea groups is 1. The van der Waals surface area contributed by atoms with E-state index in [0.717, 1.165) is 11.1 Å². The average molecular weight is 385 g/mol. The lowest BCUT2D eigenvalue weighted by atomic mass is 10.0. The smallest absolute Gasteiger partial charge is 0.315 e. The lowest BCUT2D eigenvalue weighted by molar-refractivity contribution is 0.145. The molecule has 3 rings (SSSR count). The molecular formula is C22H28FN3O2. The van der Waals surface area contributed by atoms with Crippen LogP contribution in [-0.4, -0.2) is 30.3 Å². The van der Waals surface area contributed by atoms with E-state index in [0.29, 0.717) is 37.2 Å². The second-order valence-corrected chi connectivity index (χ2v) is 7.41. The Balaban J connectivity index is 1.53. The largest absolute Gasteiger partial charge is 0.393 e. The third-order valence-corrected chi connectivity index (χ3v) is 5.27. The molecule has 1 heterocycles. The molecule has 0 aromatic heterocycles. The normalized spacial score (nSPS) is 15.9. The Morgan fingerprint density at radius 3 is 2.64 bits per heavy atom. The van der Waals surface area contributed by atoms with Gasteiger partial charge in [-0.2, -0.15) is 0 Å². The SMILES string of the molecule is Cc1ccccc1C(C)NC(=O)NCc1ccc(N2CCC(O)CC2)c(F)c1. The number of halogens is 1. The molecule has 0 spiro atoms. The van der Waals surface area contributed by atoms with Gasteiger partial charge in [-0.1, -0.05) is 30.3 Å². The molecule has 5 nitrogen and oxygen atoms in total. The summed E-state index contributed by atoms with van der Waals surface area (Å²) in [7, 11) is 0. The molecule has 6 heteroatoms. The molecule has 0 radical (unpaired) electrons. The molecule has 3 N–H and O–H groups in total. The topological polar surface area (TPSA) is 64.6 Å². The zero-order valence-corrected chi connectivity index (χ0v) is 16.4. The fraction of sp³-hybridized carbons (Fsp3) is 0.409. The number of carbonyl (C=O) groups excluding carboxylic acids is 1. The maximum Gasteiger partial charge on any atom is 0.315 e. The number of aliphatic hydroxyl groups excluding tert-OH is 1. The summed E-state index contributed by atoms with van der Waals surface area (Å²) in [5.41, 5.74) is 3.45. The first-order chi connectivity index (χ1) is 13.4. The maximum atomic E-state index is 14.5. The first-order valence-corrected chi connectivity index (χ1v) is 9.75. The van der Waals surface area contributed by atoms with Gasteiger partial charge in [0.25, 0.3) is 0 Å². The van der Waals surface area contributed by atoms with E-state index in [-0.39, 0.29) is 30.5 Å². The number of anilines is 1. The monoisotopic (exact) mass is 385 g/mol. The molecule has 1 unspecified atom stereocenters. The van der Waals surface area contributed by atoms with Crippen molar-refractivity contribution in [3.8, 4) is 0 Å². The van der Waals surface area contributed by atoms with E-state index in [2.05, 4.69) is 10.6 Å². The average Bonchev–Trinajstić information content (AvgIpc) is 2.67. The number of nitrogens with one attached hydrogen (secondary N) is 2. The van der Waals surface area contributed by atoms with Gasteiger partial charge >= 0.3 is 6.03 Å². The van der Waals surface area contributed by atoms with Crippen LogP contribution >= 0.6 is 0 Å². The van der Waals surface area contributed by atoms with Gasteiger partial charge in [-0.25, -0.2) is 9.18 Å². The van der Waals surface area contributed by atoms with Crippen molar-refractivity contribution in [2.75, 3.05) is 18.0 Å². The summed E-state index contributed by atoms with van der Waals surface area (Å²) in [6.45, 7) is 5.50. The first kappa shape index (κ1) is 20.1. The second-order valence-electron chi connectivity index (χ2n) is 7.41. The van der Waals surface area contributed by atoms with E-state index in [1.807, 2.05) is 49.1 Å². The van der Waals surface area contributed by atoms with Crippen LogP contribution in [0.2, 0.25) is 0 Å². The van der Waals surface area contributed by atoms with Crippen LogP contribution in [-0.2, 0) is 6.54 Å². The Morgan fingerprint density at radius 2 is 1.96 bits per heavy atom. The number of piperidine rings is 1. The molecule has 1 aliphatic heterocycles. The van der Waals surface area contributed by atoms with Crippen molar-refractivity contribution in [3.63, 3.8) is 0 Å². The summed E-state index contributed by atoms with van der Waals surface area (Å²) in [4.78, 5) is 14.1. The van der Waals surface area contributed by atoms with E-state index in [9.17, 15) is 14.3 Å². The number of aryl methyl sites for hydroxylation is 1. The highest BCUT2D eigenvalue weighted by molar-refractivity contribution is 5.74. The number of hydrogen-bond acceptors (Lipinski definition) is 3. The van der Waals surface area contributed by atoms with Gasteiger partial charge in [-0.15, -0.1) is 0 Å². The van der Waals surface area contributed by atoms with Gasteiger partial charge in [0.15, 0.2) is 0 Å². The Labute approximate surface area is 165 Å². The fourth-order valence-corrected chi connectivity index (χ4v) is 3.60. The van der Waals surface area contributed by atoms with Crippen LogP contribution in [0.1, 0.15) is 42.5 Å². The van der Waals surface area contributed by atoms with Crippen molar-refractivity contribution in [2.45, 2.75) is 45.4 Å². The summed E-state index contributed by atoms with van der Waals surface area (Å²) in [6, 6.07) is 12.6. The van der Waals surface area contributed by atoms with Gasteiger partial charge in [0, 0.05) is 19.6 Å². The molecule has 0 bridgehead atoms. The summed E-state index contributed by atoms with van der Waals surface area (Å²) in [5, 5.41) is 15.3. The molecule has 0 saturated carbocycles. The predicted molar refractivity (Wildman–Crippen MR) is 109 cm³/mol. The summed E-state index contributed by atoms with van der Waals surface area (Å²) in [6.07, 6.45) is 1.02. The van der Waals surface area contributed by atoms with Gasteiger partial charge in [0.05, 0.1) is 17.8 Å². The molecule has 1 atom stereocenters. The molecule has 1 aliphatic rings. The van der Waals surface area contributed by atoms with E-state index < -0.39 is 0 Å². The van der Waals surface area contributed by atoms with Crippen LogP contribution in [0.15, 0.2) is 42.5 Å². The number of carbonyl (C=O) groups is 1. The number of aliphatic hydroxyl groups is 1. The summed E-state index contributed by atoms with van der Waals surface area (Å²) in [5.74, 6) is -0.302. The number of hydrogen-bond donors (Lipinski definition) is 3.